The number of rotatable bonds is 3. The van der Waals surface area contributed by atoms with Gasteiger partial charge >= 0.3 is 0 Å². The van der Waals surface area contributed by atoms with Crippen LogP contribution in [0.2, 0.25) is 0 Å². The van der Waals surface area contributed by atoms with Crippen molar-refractivity contribution in [3.63, 3.8) is 0 Å². The maximum absolute atomic E-state index is 11.9. The van der Waals surface area contributed by atoms with E-state index >= 15 is 0 Å². The molecule has 1 aromatic carbocycles. The summed E-state index contributed by atoms with van der Waals surface area (Å²) in [6.07, 6.45) is 3.35. The summed E-state index contributed by atoms with van der Waals surface area (Å²) in [4.78, 5) is 18.9. The number of nitriles is 1. The molecule has 1 amide bonds. The largest absolute Gasteiger partial charge is 0.347 e. The number of hydrogen-bond acceptors (Lipinski definition) is 3. The SMILES string of the molecule is CC(NC(=O)c1ccc(C#N)cc1)c1ncc[nH]1. The van der Waals surface area contributed by atoms with E-state index in [4.69, 9.17) is 5.26 Å². The Balaban J connectivity index is 2.05. The van der Waals surface area contributed by atoms with Gasteiger partial charge in [0.2, 0.25) is 0 Å². The van der Waals surface area contributed by atoms with Gasteiger partial charge in [-0.05, 0) is 31.2 Å². The molecule has 2 N–H and O–H groups in total. The molecule has 18 heavy (non-hydrogen) atoms. The van der Waals surface area contributed by atoms with Gasteiger partial charge in [0.25, 0.3) is 5.91 Å². The lowest BCUT2D eigenvalue weighted by atomic mass is 10.1. The highest BCUT2D eigenvalue weighted by atomic mass is 16.1. The highest BCUT2D eigenvalue weighted by Crippen LogP contribution is 2.08. The van der Waals surface area contributed by atoms with E-state index in [1.807, 2.05) is 13.0 Å². The Bertz CT molecular complexity index is 566. The van der Waals surface area contributed by atoms with Gasteiger partial charge in [-0.15, -0.1) is 0 Å². The first-order valence-corrected chi connectivity index (χ1v) is 5.51. The summed E-state index contributed by atoms with van der Waals surface area (Å²) in [5.41, 5.74) is 1.05. The number of nitrogens with one attached hydrogen (secondary N) is 2. The summed E-state index contributed by atoms with van der Waals surface area (Å²) in [6.45, 7) is 1.85. The molecule has 2 aromatic rings. The number of H-pyrrole nitrogens is 1. The third-order valence-corrected chi connectivity index (χ3v) is 2.55. The van der Waals surface area contributed by atoms with Gasteiger partial charge in [0.05, 0.1) is 17.7 Å². The minimum Gasteiger partial charge on any atom is -0.347 e. The molecule has 0 saturated heterocycles. The number of nitrogens with zero attached hydrogens (tertiary/aromatic N) is 2. The summed E-state index contributed by atoms with van der Waals surface area (Å²) in [5, 5.41) is 11.5. The Kier molecular flexibility index (Phi) is 3.39. The Morgan fingerprint density at radius 1 is 1.44 bits per heavy atom. The highest BCUT2D eigenvalue weighted by Gasteiger charge is 2.12. The van der Waals surface area contributed by atoms with Crippen LogP contribution in [-0.2, 0) is 0 Å². The fourth-order valence-electron chi connectivity index (χ4n) is 1.56. The summed E-state index contributed by atoms with van der Waals surface area (Å²) in [7, 11) is 0. The minimum absolute atomic E-state index is 0.191. The van der Waals surface area contributed by atoms with E-state index < -0.39 is 0 Å². The average molecular weight is 240 g/mol. The van der Waals surface area contributed by atoms with E-state index in [0.29, 0.717) is 17.0 Å². The van der Waals surface area contributed by atoms with Gasteiger partial charge in [-0.2, -0.15) is 5.26 Å². The van der Waals surface area contributed by atoms with Crippen LogP contribution in [0.1, 0.15) is 34.7 Å². The molecule has 1 aromatic heterocycles. The molecule has 5 nitrogen and oxygen atoms in total. The van der Waals surface area contributed by atoms with Crippen LogP contribution in [0.25, 0.3) is 0 Å². The molecule has 0 aliphatic rings. The van der Waals surface area contributed by atoms with Gasteiger partial charge in [-0.25, -0.2) is 4.98 Å². The van der Waals surface area contributed by atoms with E-state index in [0.717, 1.165) is 0 Å². The van der Waals surface area contributed by atoms with Crippen LogP contribution in [0.3, 0.4) is 0 Å². The van der Waals surface area contributed by atoms with Gasteiger partial charge in [0, 0.05) is 18.0 Å². The lowest BCUT2D eigenvalue weighted by molar-refractivity contribution is 0.0938. The van der Waals surface area contributed by atoms with Crippen molar-refractivity contribution >= 4 is 5.91 Å². The number of benzene rings is 1. The van der Waals surface area contributed by atoms with Crippen molar-refractivity contribution in [1.82, 2.24) is 15.3 Å². The molecule has 0 bridgehead atoms. The second-order valence-corrected chi connectivity index (χ2v) is 3.86. The quantitative estimate of drug-likeness (QED) is 0.857. The molecule has 0 spiro atoms. The molecule has 1 unspecified atom stereocenters. The predicted molar refractivity (Wildman–Crippen MR) is 65.6 cm³/mol. The van der Waals surface area contributed by atoms with E-state index in [1.54, 1.807) is 36.7 Å². The smallest absolute Gasteiger partial charge is 0.251 e. The van der Waals surface area contributed by atoms with E-state index in [1.165, 1.54) is 0 Å². The van der Waals surface area contributed by atoms with Crippen molar-refractivity contribution in [1.29, 1.82) is 5.26 Å². The Morgan fingerprint density at radius 2 is 2.17 bits per heavy atom. The standard InChI is InChI=1S/C13H12N4O/c1-9(12-15-6-7-16-12)17-13(18)11-4-2-10(8-14)3-5-11/h2-7,9H,1H3,(H,15,16)(H,17,18). The third-order valence-electron chi connectivity index (χ3n) is 2.55. The molecule has 0 aliphatic heterocycles. The second-order valence-electron chi connectivity index (χ2n) is 3.86. The van der Waals surface area contributed by atoms with Gasteiger partial charge in [-0.1, -0.05) is 0 Å². The number of aromatic amines is 1. The molecule has 1 atom stereocenters. The van der Waals surface area contributed by atoms with Gasteiger partial charge in [0.1, 0.15) is 5.82 Å². The lowest BCUT2D eigenvalue weighted by Crippen LogP contribution is -2.27. The van der Waals surface area contributed by atoms with Gasteiger partial charge < -0.3 is 10.3 Å². The van der Waals surface area contributed by atoms with Gasteiger partial charge in [0.15, 0.2) is 0 Å². The number of hydrogen-bond donors (Lipinski definition) is 2. The molecule has 2 rings (SSSR count). The fraction of sp³-hybridized carbons (Fsp3) is 0.154. The van der Waals surface area contributed by atoms with Crippen molar-refractivity contribution in [2.45, 2.75) is 13.0 Å². The Hall–Kier alpha value is -2.61. The summed E-state index contributed by atoms with van der Waals surface area (Å²) in [6, 6.07) is 8.31. The van der Waals surface area contributed by atoms with Gasteiger partial charge in [-0.3, -0.25) is 4.79 Å². The van der Waals surface area contributed by atoms with Crippen LogP contribution >= 0.6 is 0 Å². The molecule has 0 fully saturated rings. The normalized spacial score (nSPS) is 11.6. The molecular formula is C13H12N4O. The summed E-state index contributed by atoms with van der Waals surface area (Å²) >= 11 is 0. The monoisotopic (exact) mass is 240 g/mol. The Labute approximate surface area is 104 Å². The van der Waals surface area contributed by atoms with Crippen molar-refractivity contribution in [2.75, 3.05) is 0 Å². The number of carbonyl (C=O) groups is 1. The first kappa shape index (κ1) is 11.9. The maximum Gasteiger partial charge on any atom is 0.251 e. The van der Waals surface area contributed by atoms with Crippen molar-refractivity contribution in [3.05, 3.63) is 53.6 Å². The zero-order valence-electron chi connectivity index (χ0n) is 9.84. The van der Waals surface area contributed by atoms with E-state index in [9.17, 15) is 4.79 Å². The summed E-state index contributed by atoms with van der Waals surface area (Å²) < 4.78 is 0. The molecule has 0 radical (unpaired) electrons. The van der Waals surface area contributed by atoms with Crippen LogP contribution in [0.15, 0.2) is 36.7 Å². The highest BCUT2D eigenvalue weighted by molar-refractivity contribution is 5.94. The number of amides is 1. The third kappa shape index (κ3) is 2.55. The van der Waals surface area contributed by atoms with Crippen molar-refractivity contribution in [3.8, 4) is 6.07 Å². The predicted octanol–water partition coefficient (Wildman–Crippen LogP) is 1.77. The van der Waals surface area contributed by atoms with Crippen molar-refractivity contribution < 1.29 is 4.79 Å². The first-order chi connectivity index (χ1) is 8.70. The molecule has 5 heteroatoms. The molecule has 1 heterocycles. The molecule has 90 valence electrons. The van der Waals surface area contributed by atoms with E-state index in [2.05, 4.69) is 15.3 Å². The second kappa shape index (κ2) is 5.15. The molecule has 0 saturated carbocycles. The topological polar surface area (TPSA) is 81.6 Å². The first-order valence-electron chi connectivity index (χ1n) is 5.51. The zero-order valence-corrected chi connectivity index (χ0v) is 9.84. The van der Waals surface area contributed by atoms with E-state index in [-0.39, 0.29) is 11.9 Å². The van der Waals surface area contributed by atoms with Crippen molar-refractivity contribution in [2.24, 2.45) is 0 Å². The maximum atomic E-state index is 11.9. The zero-order chi connectivity index (χ0) is 13.0. The van der Waals surface area contributed by atoms with Crippen LogP contribution in [0.5, 0.6) is 0 Å². The number of aromatic nitrogens is 2. The number of carbonyl (C=O) groups excluding carboxylic acids is 1. The van der Waals surface area contributed by atoms with Crippen LogP contribution in [0, 0.1) is 11.3 Å². The Morgan fingerprint density at radius 3 is 2.72 bits per heavy atom. The lowest BCUT2D eigenvalue weighted by Gasteiger charge is -2.11. The van der Waals surface area contributed by atoms with Crippen LogP contribution in [0.4, 0.5) is 0 Å². The van der Waals surface area contributed by atoms with Crippen LogP contribution < -0.4 is 5.32 Å². The average Bonchev–Trinajstić information content (AvgIpc) is 2.92. The molecule has 0 aliphatic carbocycles. The minimum atomic E-state index is -0.192. The molecular weight excluding hydrogens is 228 g/mol. The summed E-state index contributed by atoms with van der Waals surface area (Å²) in [5.74, 6) is 0.514. The fourth-order valence-corrected chi connectivity index (χ4v) is 1.56. The number of imidazole rings is 1. The van der Waals surface area contributed by atoms with Crippen LogP contribution in [-0.4, -0.2) is 15.9 Å².